The van der Waals surface area contributed by atoms with Crippen molar-refractivity contribution in [2.75, 3.05) is 6.61 Å². The molecule has 0 amide bonds. The normalized spacial score (nSPS) is 18.3. The number of rotatable bonds is 3. The molecule has 1 aliphatic heterocycles. The van der Waals surface area contributed by atoms with E-state index < -0.39 is 12.0 Å². The molecule has 0 saturated heterocycles. The highest BCUT2D eigenvalue weighted by atomic mass is 32.1. The molecule has 1 unspecified atom stereocenters. The van der Waals surface area contributed by atoms with Gasteiger partial charge in [0.25, 0.3) is 0 Å². The molecule has 6 heteroatoms. The predicted octanol–water partition coefficient (Wildman–Crippen LogP) is 2.77. The molecule has 0 spiro atoms. The summed E-state index contributed by atoms with van der Waals surface area (Å²) in [5, 5.41) is 16.4. The Kier molecular flexibility index (Phi) is 4.94. The molecular formula is C17H22N2O3S. The minimum Gasteiger partial charge on any atom is -0.508 e. The summed E-state index contributed by atoms with van der Waals surface area (Å²) in [6, 6.07) is 6.30. The van der Waals surface area contributed by atoms with Crippen LogP contribution in [-0.4, -0.2) is 22.8 Å². The van der Waals surface area contributed by atoms with Gasteiger partial charge in [0.05, 0.1) is 18.2 Å². The Labute approximate surface area is 141 Å². The fourth-order valence-electron chi connectivity index (χ4n) is 2.54. The quantitative estimate of drug-likeness (QED) is 0.583. The van der Waals surface area contributed by atoms with Gasteiger partial charge in [-0.05, 0) is 36.8 Å². The summed E-state index contributed by atoms with van der Waals surface area (Å²) >= 11 is 5.29. The molecule has 2 rings (SSSR count). The number of benzene rings is 1. The number of nitrogens with one attached hydrogen (secondary N) is 2. The highest BCUT2D eigenvalue weighted by Crippen LogP contribution is 2.36. The molecule has 1 aromatic carbocycles. The van der Waals surface area contributed by atoms with Gasteiger partial charge in [0.15, 0.2) is 5.11 Å². The van der Waals surface area contributed by atoms with Crippen molar-refractivity contribution >= 4 is 23.3 Å². The van der Waals surface area contributed by atoms with E-state index in [1.165, 1.54) is 0 Å². The molecule has 0 fully saturated rings. The summed E-state index contributed by atoms with van der Waals surface area (Å²) in [4.78, 5) is 12.6. The third kappa shape index (κ3) is 3.82. The molecule has 3 N–H and O–H groups in total. The van der Waals surface area contributed by atoms with Gasteiger partial charge in [0.1, 0.15) is 5.75 Å². The second-order valence-corrected chi connectivity index (χ2v) is 6.79. The topological polar surface area (TPSA) is 70.6 Å². The van der Waals surface area contributed by atoms with Gasteiger partial charge in [0.2, 0.25) is 0 Å². The van der Waals surface area contributed by atoms with E-state index in [9.17, 15) is 9.90 Å². The van der Waals surface area contributed by atoms with E-state index in [1.807, 2.05) is 26.8 Å². The number of thiocarbonyl (C=S) groups is 1. The van der Waals surface area contributed by atoms with E-state index in [4.69, 9.17) is 17.0 Å². The van der Waals surface area contributed by atoms with Crippen molar-refractivity contribution in [1.82, 2.24) is 10.6 Å². The number of esters is 1. The number of phenolic OH excluding ortho intramolecular Hbond substituents is 1. The Hall–Kier alpha value is -2.08. The number of aromatic hydroxyl groups is 1. The number of hydrogen-bond donors (Lipinski definition) is 3. The monoisotopic (exact) mass is 334 g/mol. The Bertz CT molecular complexity index is 662. The first kappa shape index (κ1) is 17.3. The minimum absolute atomic E-state index is 0.134. The van der Waals surface area contributed by atoms with E-state index in [0.717, 1.165) is 11.3 Å². The first-order chi connectivity index (χ1) is 10.7. The second kappa shape index (κ2) is 6.58. The number of phenols is 1. The molecule has 0 bridgehead atoms. The van der Waals surface area contributed by atoms with Crippen LogP contribution in [0.4, 0.5) is 0 Å². The highest BCUT2D eigenvalue weighted by Gasteiger charge is 2.36. The summed E-state index contributed by atoms with van der Waals surface area (Å²) in [6.07, 6.45) is 0. The van der Waals surface area contributed by atoms with Crippen LogP contribution in [0, 0.1) is 5.41 Å². The van der Waals surface area contributed by atoms with Crippen LogP contribution >= 0.6 is 12.2 Å². The Balaban J connectivity index is 2.62. The fourth-order valence-corrected chi connectivity index (χ4v) is 2.76. The lowest BCUT2D eigenvalue weighted by atomic mass is 9.83. The van der Waals surface area contributed by atoms with Crippen LogP contribution in [0.3, 0.4) is 0 Å². The van der Waals surface area contributed by atoms with Crippen molar-refractivity contribution in [2.45, 2.75) is 33.7 Å². The molecule has 1 heterocycles. The lowest BCUT2D eigenvalue weighted by Crippen LogP contribution is -2.48. The van der Waals surface area contributed by atoms with E-state index >= 15 is 0 Å². The van der Waals surface area contributed by atoms with E-state index in [2.05, 4.69) is 10.6 Å². The molecule has 0 radical (unpaired) electrons. The van der Waals surface area contributed by atoms with Crippen molar-refractivity contribution in [2.24, 2.45) is 5.41 Å². The molecular weight excluding hydrogens is 312 g/mol. The van der Waals surface area contributed by atoms with Crippen molar-refractivity contribution in [3.8, 4) is 5.75 Å². The van der Waals surface area contributed by atoms with Crippen molar-refractivity contribution < 1.29 is 14.6 Å². The molecule has 5 nitrogen and oxygen atoms in total. The lowest BCUT2D eigenvalue weighted by molar-refractivity contribution is -0.139. The summed E-state index contributed by atoms with van der Waals surface area (Å²) < 4.78 is 5.24. The van der Waals surface area contributed by atoms with Crippen LogP contribution < -0.4 is 10.6 Å². The van der Waals surface area contributed by atoms with Crippen LogP contribution in [0.5, 0.6) is 5.75 Å². The number of carbonyl (C=O) groups is 1. The van der Waals surface area contributed by atoms with Gasteiger partial charge in [-0.3, -0.25) is 0 Å². The highest BCUT2D eigenvalue weighted by molar-refractivity contribution is 7.80. The average molecular weight is 334 g/mol. The van der Waals surface area contributed by atoms with Gasteiger partial charge >= 0.3 is 5.97 Å². The maximum atomic E-state index is 12.6. The van der Waals surface area contributed by atoms with Gasteiger partial charge in [-0.25, -0.2) is 4.79 Å². The SMILES string of the molecule is CCOC(=O)C1=C(C(C)(C)C)NC(=S)NC1c1cccc(O)c1. The lowest BCUT2D eigenvalue weighted by Gasteiger charge is -2.36. The number of ether oxygens (including phenoxy) is 1. The Morgan fingerprint density at radius 3 is 2.65 bits per heavy atom. The van der Waals surface area contributed by atoms with Crippen molar-refractivity contribution in [3.63, 3.8) is 0 Å². The summed E-state index contributed by atoms with van der Waals surface area (Å²) in [7, 11) is 0. The molecule has 124 valence electrons. The van der Waals surface area contributed by atoms with Gasteiger partial charge < -0.3 is 20.5 Å². The average Bonchev–Trinajstić information content (AvgIpc) is 2.45. The molecule has 1 aromatic rings. The molecule has 0 aliphatic carbocycles. The summed E-state index contributed by atoms with van der Waals surface area (Å²) in [5.41, 5.74) is 1.65. The molecule has 0 aromatic heterocycles. The third-order valence-corrected chi connectivity index (χ3v) is 3.74. The van der Waals surface area contributed by atoms with Crippen LogP contribution in [-0.2, 0) is 9.53 Å². The Morgan fingerprint density at radius 2 is 2.09 bits per heavy atom. The van der Waals surface area contributed by atoms with E-state index in [-0.39, 0.29) is 17.8 Å². The maximum Gasteiger partial charge on any atom is 0.338 e. The number of carbonyl (C=O) groups excluding carboxylic acids is 1. The zero-order valence-electron chi connectivity index (χ0n) is 13.8. The van der Waals surface area contributed by atoms with Gasteiger partial charge in [-0.2, -0.15) is 0 Å². The maximum absolute atomic E-state index is 12.6. The largest absolute Gasteiger partial charge is 0.508 e. The number of hydrogen-bond acceptors (Lipinski definition) is 4. The summed E-state index contributed by atoms with van der Waals surface area (Å²) in [5.74, 6) is -0.262. The molecule has 0 saturated carbocycles. The van der Waals surface area contributed by atoms with Crippen LogP contribution in [0.2, 0.25) is 0 Å². The first-order valence-corrected chi connectivity index (χ1v) is 7.93. The molecule has 1 atom stereocenters. The first-order valence-electron chi connectivity index (χ1n) is 7.52. The minimum atomic E-state index is -0.468. The fraction of sp³-hybridized carbons (Fsp3) is 0.412. The van der Waals surface area contributed by atoms with Crippen molar-refractivity contribution in [1.29, 1.82) is 0 Å². The van der Waals surface area contributed by atoms with E-state index in [1.54, 1.807) is 25.1 Å². The predicted molar refractivity (Wildman–Crippen MR) is 92.8 cm³/mol. The van der Waals surface area contributed by atoms with Crippen LogP contribution in [0.25, 0.3) is 0 Å². The molecule has 1 aliphatic rings. The van der Waals surface area contributed by atoms with Gasteiger partial charge in [-0.15, -0.1) is 0 Å². The Morgan fingerprint density at radius 1 is 1.39 bits per heavy atom. The smallest absolute Gasteiger partial charge is 0.338 e. The van der Waals surface area contributed by atoms with E-state index in [0.29, 0.717) is 10.7 Å². The zero-order valence-corrected chi connectivity index (χ0v) is 14.6. The standard InChI is InChI=1S/C17H22N2O3S/c1-5-22-15(21)12-13(10-7-6-8-11(20)9-10)18-16(23)19-14(12)17(2,3)4/h6-9,13,20H,5H2,1-4H3,(H2,18,19,23). The second-order valence-electron chi connectivity index (χ2n) is 6.39. The zero-order chi connectivity index (χ0) is 17.2. The third-order valence-electron chi connectivity index (χ3n) is 3.52. The summed E-state index contributed by atoms with van der Waals surface area (Å²) in [6.45, 7) is 8.07. The van der Waals surface area contributed by atoms with Crippen molar-refractivity contribution in [3.05, 3.63) is 41.1 Å². The van der Waals surface area contributed by atoms with Crippen LogP contribution in [0.1, 0.15) is 39.3 Å². The van der Waals surface area contributed by atoms with Crippen LogP contribution in [0.15, 0.2) is 35.5 Å². The van der Waals surface area contributed by atoms with Gasteiger partial charge in [0, 0.05) is 11.1 Å². The number of allylic oxidation sites excluding steroid dienone is 1. The molecule has 23 heavy (non-hydrogen) atoms. The van der Waals surface area contributed by atoms with Gasteiger partial charge in [-0.1, -0.05) is 32.9 Å².